The van der Waals surface area contributed by atoms with E-state index in [-0.39, 0.29) is 17.2 Å². The molecule has 7 heteroatoms. The molecule has 1 heterocycles. The van der Waals surface area contributed by atoms with E-state index in [4.69, 9.17) is 10.5 Å². The first-order valence-electron chi connectivity index (χ1n) is 4.66. The van der Waals surface area contributed by atoms with E-state index in [0.29, 0.717) is 5.75 Å². The molecular formula is C10H9FN2O3S. The smallest absolute Gasteiger partial charge is 0.297 e. The second kappa shape index (κ2) is 4.17. The Labute approximate surface area is 97.5 Å². The molecule has 1 aromatic rings. The Hall–Kier alpha value is -1.89. The molecule has 0 aromatic heterocycles. The minimum atomic E-state index is -3.71. The Balaban J connectivity index is 2.10. The Bertz CT molecular complexity index is 608. The number of rotatable bonds is 3. The molecular weight excluding hydrogens is 247 g/mol. The summed E-state index contributed by atoms with van der Waals surface area (Å²) in [5.41, 5.74) is 5.62. The second-order valence-electron chi connectivity index (χ2n) is 3.35. The fraction of sp³-hybridized carbons (Fsp3) is 0.100. The molecule has 90 valence electrons. The molecule has 1 aliphatic rings. The van der Waals surface area contributed by atoms with Crippen molar-refractivity contribution in [2.75, 3.05) is 6.61 Å². The van der Waals surface area contributed by atoms with Gasteiger partial charge in [0.05, 0.1) is 6.21 Å². The summed E-state index contributed by atoms with van der Waals surface area (Å²) < 4.78 is 43.6. The molecule has 2 N–H and O–H groups in total. The lowest BCUT2D eigenvalue weighted by atomic mass is 10.3. The van der Waals surface area contributed by atoms with Crippen molar-refractivity contribution in [3.63, 3.8) is 0 Å². The van der Waals surface area contributed by atoms with E-state index in [1.165, 1.54) is 18.2 Å². The highest BCUT2D eigenvalue weighted by Gasteiger charge is 2.22. The summed E-state index contributed by atoms with van der Waals surface area (Å²) in [5.74, 6) is -0.139. The number of sulfonamides is 1. The summed E-state index contributed by atoms with van der Waals surface area (Å²) in [5, 5.41) is -0.325. The minimum Gasteiger partial charge on any atom is -0.489 e. The van der Waals surface area contributed by atoms with Crippen LogP contribution in [0.2, 0.25) is 0 Å². The molecule has 5 nitrogen and oxygen atoms in total. The zero-order valence-corrected chi connectivity index (χ0v) is 9.45. The Kier molecular flexibility index (Phi) is 2.84. The fourth-order valence-electron chi connectivity index (χ4n) is 1.25. The maximum absolute atomic E-state index is 12.8. The van der Waals surface area contributed by atoms with E-state index >= 15 is 0 Å². The SMILES string of the molecule is NC1=C(COc2cccc(F)c2)C=NS1(=O)=O. The van der Waals surface area contributed by atoms with E-state index in [1.807, 2.05) is 0 Å². The standard InChI is InChI=1S/C10H9FN2O3S/c11-8-2-1-3-9(4-8)16-6-7-5-13-17(14,15)10(7)12/h1-5H,6,12H2. The monoisotopic (exact) mass is 256 g/mol. The summed E-state index contributed by atoms with van der Waals surface area (Å²) >= 11 is 0. The maximum Gasteiger partial charge on any atom is 0.297 e. The van der Waals surface area contributed by atoms with Gasteiger partial charge in [0.25, 0.3) is 10.0 Å². The lowest BCUT2D eigenvalue weighted by molar-refractivity contribution is 0.355. The molecule has 2 rings (SSSR count). The van der Waals surface area contributed by atoms with Gasteiger partial charge in [0.1, 0.15) is 18.2 Å². The van der Waals surface area contributed by atoms with Crippen molar-refractivity contribution in [3.05, 3.63) is 40.7 Å². The van der Waals surface area contributed by atoms with Crippen LogP contribution in [0.4, 0.5) is 4.39 Å². The maximum atomic E-state index is 12.8. The summed E-state index contributed by atoms with van der Waals surface area (Å²) in [6.07, 6.45) is 1.13. The third-order valence-electron chi connectivity index (χ3n) is 2.13. The van der Waals surface area contributed by atoms with Crippen LogP contribution in [0, 0.1) is 5.82 Å². The number of benzene rings is 1. The van der Waals surface area contributed by atoms with Crippen LogP contribution in [0.25, 0.3) is 0 Å². The molecule has 0 atom stereocenters. The lowest BCUT2D eigenvalue weighted by Crippen LogP contribution is -2.11. The van der Waals surface area contributed by atoms with E-state index < -0.39 is 15.8 Å². The predicted molar refractivity (Wildman–Crippen MR) is 60.5 cm³/mol. The average Bonchev–Trinajstić information content (AvgIpc) is 2.52. The third kappa shape index (κ3) is 2.44. The predicted octanol–water partition coefficient (Wildman–Crippen LogP) is 0.789. The largest absolute Gasteiger partial charge is 0.489 e. The van der Waals surface area contributed by atoms with Gasteiger partial charge >= 0.3 is 0 Å². The molecule has 0 bridgehead atoms. The van der Waals surface area contributed by atoms with E-state index in [9.17, 15) is 12.8 Å². The topological polar surface area (TPSA) is 81.8 Å². The Morgan fingerprint density at radius 2 is 2.18 bits per heavy atom. The van der Waals surface area contributed by atoms with Gasteiger partial charge in [-0.2, -0.15) is 12.8 Å². The summed E-state index contributed by atoms with van der Waals surface area (Å²) in [6.45, 7) is -0.0714. The van der Waals surface area contributed by atoms with Crippen molar-refractivity contribution in [1.29, 1.82) is 0 Å². The van der Waals surface area contributed by atoms with Crippen molar-refractivity contribution < 1.29 is 17.5 Å². The van der Waals surface area contributed by atoms with E-state index in [1.54, 1.807) is 6.07 Å². The molecule has 0 saturated heterocycles. The molecule has 0 saturated carbocycles. The molecule has 1 aliphatic heterocycles. The molecule has 0 fully saturated rings. The number of nitrogens with zero attached hydrogens (tertiary/aromatic N) is 1. The summed E-state index contributed by atoms with van der Waals surface area (Å²) in [6, 6.07) is 5.52. The minimum absolute atomic E-state index is 0.0714. The second-order valence-corrected chi connectivity index (χ2v) is 4.95. The van der Waals surface area contributed by atoms with Crippen LogP contribution in [-0.2, 0) is 10.0 Å². The molecule has 0 unspecified atom stereocenters. The summed E-state index contributed by atoms with van der Waals surface area (Å²) in [7, 11) is -3.71. The van der Waals surface area contributed by atoms with Crippen LogP contribution in [0.15, 0.2) is 39.3 Å². The Morgan fingerprint density at radius 3 is 2.76 bits per heavy atom. The van der Waals surface area contributed by atoms with Crippen LogP contribution < -0.4 is 10.5 Å². The molecule has 0 spiro atoms. The van der Waals surface area contributed by atoms with Crippen LogP contribution in [0.1, 0.15) is 0 Å². The van der Waals surface area contributed by atoms with Crippen molar-refractivity contribution in [1.82, 2.24) is 0 Å². The highest BCUT2D eigenvalue weighted by Crippen LogP contribution is 2.17. The zero-order chi connectivity index (χ0) is 12.5. The first-order chi connectivity index (χ1) is 7.99. The van der Waals surface area contributed by atoms with E-state index in [0.717, 1.165) is 6.21 Å². The van der Waals surface area contributed by atoms with Crippen LogP contribution in [0.5, 0.6) is 5.75 Å². The van der Waals surface area contributed by atoms with Gasteiger partial charge in [0, 0.05) is 11.6 Å². The van der Waals surface area contributed by atoms with Crippen LogP contribution >= 0.6 is 0 Å². The van der Waals surface area contributed by atoms with Crippen LogP contribution in [0.3, 0.4) is 0 Å². The zero-order valence-electron chi connectivity index (χ0n) is 8.63. The van der Waals surface area contributed by atoms with Gasteiger partial charge in [-0.3, -0.25) is 0 Å². The molecule has 1 aromatic carbocycles. The average molecular weight is 256 g/mol. The van der Waals surface area contributed by atoms with Gasteiger partial charge in [-0.15, -0.1) is 0 Å². The first-order valence-corrected chi connectivity index (χ1v) is 6.10. The molecule has 0 radical (unpaired) electrons. The van der Waals surface area contributed by atoms with Gasteiger partial charge in [-0.1, -0.05) is 6.07 Å². The molecule has 0 aliphatic carbocycles. The quantitative estimate of drug-likeness (QED) is 0.866. The fourth-order valence-corrected chi connectivity index (χ4v) is 2.07. The number of ether oxygens (including phenoxy) is 1. The third-order valence-corrected chi connectivity index (χ3v) is 3.33. The number of hydrogen-bond donors (Lipinski definition) is 1. The normalized spacial score (nSPS) is 17.5. The van der Waals surface area contributed by atoms with E-state index in [2.05, 4.69) is 4.40 Å². The number of nitrogens with two attached hydrogens (primary N) is 1. The van der Waals surface area contributed by atoms with Crippen molar-refractivity contribution >= 4 is 16.2 Å². The first kappa shape index (κ1) is 11.6. The van der Waals surface area contributed by atoms with Crippen molar-refractivity contribution in [2.45, 2.75) is 0 Å². The van der Waals surface area contributed by atoms with Gasteiger partial charge in [-0.25, -0.2) is 4.39 Å². The van der Waals surface area contributed by atoms with Gasteiger partial charge in [0.2, 0.25) is 0 Å². The molecule has 0 amide bonds. The van der Waals surface area contributed by atoms with Crippen molar-refractivity contribution in [2.24, 2.45) is 10.1 Å². The molecule has 17 heavy (non-hydrogen) atoms. The van der Waals surface area contributed by atoms with Crippen LogP contribution in [-0.4, -0.2) is 21.2 Å². The van der Waals surface area contributed by atoms with Gasteiger partial charge < -0.3 is 10.5 Å². The van der Waals surface area contributed by atoms with Gasteiger partial charge in [0.15, 0.2) is 5.03 Å². The van der Waals surface area contributed by atoms with Gasteiger partial charge in [-0.05, 0) is 12.1 Å². The lowest BCUT2D eigenvalue weighted by Gasteiger charge is -2.05. The van der Waals surface area contributed by atoms with Crippen molar-refractivity contribution in [3.8, 4) is 5.75 Å². The Morgan fingerprint density at radius 1 is 1.41 bits per heavy atom. The number of halogens is 1. The highest BCUT2D eigenvalue weighted by molar-refractivity contribution is 7.94. The number of hydrogen-bond acceptors (Lipinski definition) is 4. The highest BCUT2D eigenvalue weighted by atomic mass is 32.2. The summed E-state index contributed by atoms with van der Waals surface area (Å²) in [4.78, 5) is 0.